The lowest BCUT2D eigenvalue weighted by molar-refractivity contribution is -0.157. The van der Waals surface area contributed by atoms with E-state index in [0.29, 0.717) is 18.2 Å². The molecule has 0 saturated heterocycles. The van der Waals surface area contributed by atoms with E-state index in [1.807, 2.05) is 38.1 Å². The molecule has 1 atom stereocenters. The van der Waals surface area contributed by atoms with Crippen molar-refractivity contribution >= 4 is 5.97 Å². The first kappa shape index (κ1) is 17.9. The predicted octanol–water partition coefficient (Wildman–Crippen LogP) is 5.26. The van der Waals surface area contributed by atoms with Crippen LogP contribution in [0.3, 0.4) is 0 Å². The molecule has 4 fully saturated rings. The number of carbonyl (C=O) groups is 1. The highest BCUT2D eigenvalue weighted by atomic mass is 16.6. The highest BCUT2D eigenvalue weighted by Gasteiger charge is 2.51. The molecule has 0 spiro atoms. The Morgan fingerprint density at radius 1 is 1.11 bits per heavy atom. The number of ether oxygens (including phenoxy) is 1. The summed E-state index contributed by atoms with van der Waals surface area (Å²) in [4.78, 5) is 12.7. The van der Waals surface area contributed by atoms with Crippen LogP contribution in [0.5, 0.6) is 0 Å². The van der Waals surface area contributed by atoms with Crippen molar-refractivity contribution in [3.8, 4) is 11.5 Å². The second-order valence-corrected chi connectivity index (χ2v) is 9.54. The first-order valence-electron chi connectivity index (χ1n) is 10.6. The molecule has 0 radical (unpaired) electrons. The van der Waals surface area contributed by atoms with E-state index < -0.39 is 6.10 Å². The van der Waals surface area contributed by atoms with Gasteiger partial charge in [0.1, 0.15) is 0 Å². The molecule has 6 rings (SSSR count). The van der Waals surface area contributed by atoms with Crippen LogP contribution in [0, 0.1) is 30.1 Å². The normalized spacial score (nSPS) is 31.7. The number of carbonyl (C=O) groups excluding carboxylic acids is 1. The van der Waals surface area contributed by atoms with Gasteiger partial charge in [-0.25, -0.2) is 0 Å². The largest absolute Gasteiger partial charge is 0.453 e. The molecular weight excluding hydrogens is 352 g/mol. The lowest BCUT2D eigenvalue weighted by Crippen LogP contribution is -2.47. The molecule has 2 aromatic rings. The number of rotatable bonds is 5. The van der Waals surface area contributed by atoms with Crippen molar-refractivity contribution < 1.29 is 13.9 Å². The third-order valence-electron chi connectivity index (χ3n) is 7.08. The summed E-state index contributed by atoms with van der Waals surface area (Å²) in [5.41, 5.74) is 2.24. The molecule has 1 aromatic heterocycles. The van der Waals surface area contributed by atoms with Crippen molar-refractivity contribution in [1.82, 2.24) is 10.2 Å². The van der Waals surface area contributed by atoms with Crippen LogP contribution < -0.4 is 0 Å². The minimum absolute atomic E-state index is 0.121. The van der Waals surface area contributed by atoms with Crippen molar-refractivity contribution in [2.24, 2.45) is 23.2 Å². The zero-order valence-electron chi connectivity index (χ0n) is 16.7. The van der Waals surface area contributed by atoms with E-state index >= 15 is 0 Å². The number of aryl methyl sites for hydroxylation is 1. The average Bonchev–Trinajstić information content (AvgIpc) is 3.10. The van der Waals surface area contributed by atoms with Gasteiger partial charge in [-0.15, -0.1) is 10.2 Å². The minimum atomic E-state index is -0.520. The second-order valence-electron chi connectivity index (χ2n) is 9.54. The number of benzene rings is 1. The van der Waals surface area contributed by atoms with Crippen LogP contribution in [0.25, 0.3) is 11.5 Å². The van der Waals surface area contributed by atoms with Gasteiger partial charge in [-0.05, 0) is 87.7 Å². The molecule has 1 aromatic carbocycles. The zero-order valence-corrected chi connectivity index (χ0v) is 16.7. The number of hydrogen-bond donors (Lipinski definition) is 0. The van der Waals surface area contributed by atoms with Crippen molar-refractivity contribution in [2.45, 2.75) is 64.9 Å². The highest BCUT2D eigenvalue weighted by molar-refractivity contribution is 5.70. The zero-order chi connectivity index (χ0) is 19.3. The van der Waals surface area contributed by atoms with Crippen LogP contribution in [0.4, 0.5) is 0 Å². The predicted molar refractivity (Wildman–Crippen MR) is 104 cm³/mol. The summed E-state index contributed by atoms with van der Waals surface area (Å²) in [7, 11) is 0. The summed E-state index contributed by atoms with van der Waals surface area (Å²) in [6, 6.07) is 7.93. The summed E-state index contributed by atoms with van der Waals surface area (Å²) in [5.74, 6) is 3.20. The molecule has 28 heavy (non-hydrogen) atoms. The van der Waals surface area contributed by atoms with Gasteiger partial charge in [0, 0.05) is 5.56 Å². The van der Waals surface area contributed by atoms with E-state index in [1.54, 1.807) is 0 Å². The van der Waals surface area contributed by atoms with Gasteiger partial charge >= 0.3 is 5.97 Å². The van der Waals surface area contributed by atoms with E-state index in [2.05, 4.69) is 10.2 Å². The lowest BCUT2D eigenvalue weighted by Gasteiger charge is -2.56. The maximum absolute atomic E-state index is 12.7. The summed E-state index contributed by atoms with van der Waals surface area (Å²) in [5, 5.41) is 8.22. The summed E-state index contributed by atoms with van der Waals surface area (Å²) in [6.45, 7) is 3.85. The second kappa shape index (κ2) is 6.71. The monoisotopic (exact) mass is 380 g/mol. The maximum atomic E-state index is 12.7. The Labute approximate surface area is 165 Å². The van der Waals surface area contributed by atoms with Gasteiger partial charge in [-0.3, -0.25) is 4.79 Å². The van der Waals surface area contributed by atoms with Gasteiger partial charge < -0.3 is 9.15 Å². The molecule has 0 N–H and O–H groups in total. The van der Waals surface area contributed by atoms with Crippen molar-refractivity contribution in [3.05, 3.63) is 35.7 Å². The number of aromatic nitrogens is 2. The fraction of sp³-hybridized carbons (Fsp3) is 0.609. The van der Waals surface area contributed by atoms with Gasteiger partial charge in [-0.1, -0.05) is 17.7 Å². The van der Waals surface area contributed by atoms with Crippen LogP contribution in [-0.4, -0.2) is 16.2 Å². The summed E-state index contributed by atoms with van der Waals surface area (Å²) < 4.78 is 11.5. The Hall–Kier alpha value is -2.17. The number of nitrogens with zero attached hydrogens (tertiary/aromatic N) is 2. The van der Waals surface area contributed by atoms with Gasteiger partial charge in [0.05, 0.1) is 6.42 Å². The van der Waals surface area contributed by atoms with Crippen LogP contribution in [0.2, 0.25) is 0 Å². The molecule has 4 bridgehead atoms. The van der Waals surface area contributed by atoms with E-state index in [-0.39, 0.29) is 11.4 Å². The summed E-state index contributed by atoms with van der Waals surface area (Å²) in [6.07, 6.45) is 7.80. The number of esters is 1. The average molecular weight is 380 g/mol. The van der Waals surface area contributed by atoms with E-state index in [9.17, 15) is 4.79 Å². The smallest absolute Gasteiger partial charge is 0.307 e. The minimum Gasteiger partial charge on any atom is -0.453 e. The summed E-state index contributed by atoms with van der Waals surface area (Å²) >= 11 is 0. The quantitative estimate of drug-likeness (QED) is 0.662. The molecule has 0 amide bonds. The van der Waals surface area contributed by atoms with Crippen LogP contribution in [-0.2, 0) is 9.53 Å². The Balaban J connectivity index is 1.23. The van der Waals surface area contributed by atoms with Crippen LogP contribution in [0.1, 0.15) is 69.4 Å². The van der Waals surface area contributed by atoms with Crippen molar-refractivity contribution in [1.29, 1.82) is 0 Å². The van der Waals surface area contributed by atoms with Crippen LogP contribution in [0.15, 0.2) is 28.7 Å². The Morgan fingerprint density at radius 2 is 1.71 bits per heavy atom. The van der Waals surface area contributed by atoms with Crippen LogP contribution >= 0.6 is 0 Å². The van der Waals surface area contributed by atoms with Gasteiger partial charge in [0.15, 0.2) is 6.10 Å². The van der Waals surface area contributed by atoms with E-state index in [4.69, 9.17) is 9.15 Å². The molecule has 5 nitrogen and oxygen atoms in total. The lowest BCUT2D eigenvalue weighted by atomic mass is 9.49. The van der Waals surface area contributed by atoms with Crippen molar-refractivity contribution in [2.75, 3.05) is 0 Å². The van der Waals surface area contributed by atoms with E-state index in [0.717, 1.165) is 23.3 Å². The van der Waals surface area contributed by atoms with Gasteiger partial charge in [0.2, 0.25) is 5.89 Å². The highest BCUT2D eigenvalue weighted by Crippen LogP contribution is 2.61. The van der Waals surface area contributed by atoms with Crippen molar-refractivity contribution in [3.63, 3.8) is 0 Å². The molecular formula is C23H28N2O3. The Kier molecular flexibility index (Phi) is 4.29. The first-order valence-corrected chi connectivity index (χ1v) is 10.6. The molecule has 148 valence electrons. The number of hydrogen-bond acceptors (Lipinski definition) is 5. The third kappa shape index (κ3) is 3.36. The maximum Gasteiger partial charge on any atom is 0.307 e. The topological polar surface area (TPSA) is 65.2 Å². The Morgan fingerprint density at radius 3 is 2.32 bits per heavy atom. The van der Waals surface area contributed by atoms with E-state index in [1.165, 1.54) is 44.1 Å². The molecule has 4 aliphatic carbocycles. The first-order chi connectivity index (χ1) is 13.5. The molecule has 1 heterocycles. The fourth-order valence-electron chi connectivity index (χ4n) is 6.31. The molecule has 4 saturated carbocycles. The fourth-order valence-corrected chi connectivity index (χ4v) is 6.31. The molecule has 4 aliphatic rings. The molecule has 0 unspecified atom stereocenters. The standard InChI is InChI=1S/C23H28N2O3/c1-14-3-5-19(6-4-14)22-25-24-21(28-22)15(2)27-20(26)13-23-10-16-7-17(11-23)9-18(8-16)12-23/h3-6,15-18H,7-13H2,1-2H3/t15-,16?,17?,18?,23?/m1/s1. The SMILES string of the molecule is Cc1ccc(-c2nnc([C@@H](C)OC(=O)CC34CC5CC(CC(C5)C3)C4)o2)cc1. The Bertz CT molecular complexity index is 835. The molecule has 0 aliphatic heterocycles. The third-order valence-corrected chi connectivity index (χ3v) is 7.08. The molecule has 5 heteroatoms. The van der Waals surface area contributed by atoms with Gasteiger partial charge in [-0.2, -0.15) is 0 Å². The van der Waals surface area contributed by atoms with Gasteiger partial charge in [0.25, 0.3) is 5.89 Å².